The van der Waals surface area contributed by atoms with Gasteiger partial charge in [0.05, 0.1) is 0 Å². The maximum absolute atomic E-state index is 4.56. The van der Waals surface area contributed by atoms with E-state index < -0.39 is 0 Å². The second-order valence-electron chi connectivity index (χ2n) is 4.16. The van der Waals surface area contributed by atoms with Crippen LogP contribution < -0.4 is 5.32 Å². The summed E-state index contributed by atoms with van der Waals surface area (Å²) in [5.41, 5.74) is 0. The Kier molecular flexibility index (Phi) is 6.29. The van der Waals surface area contributed by atoms with E-state index in [1.807, 2.05) is 13.1 Å². The van der Waals surface area contributed by atoms with Crippen molar-refractivity contribution >= 4 is 17.6 Å². The van der Waals surface area contributed by atoms with Crippen molar-refractivity contribution in [3.8, 4) is 0 Å². The molecule has 0 fully saturated rings. The van der Waals surface area contributed by atoms with Gasteiger partial charge in [0, 0.05) is 31.8 Å². The molecule has 0 atom stereocenters. The van der Waals surface area contributed by atoms with Gasteiger partial charge in [0.2, 0.25) is 0 Å². The average molecular weight is 254 g/mol. The average Bonchev–Trinajstić information content (AvgIpc) is 2.28. The number of nitrogens with zero attached hydrogens (tertiary/aromatic N) is 3. The molecule has 0 bridgehead atoms. The molecular formula is C12H22N4S. The lowest BCUT2D eigenvalue weighted by Gasteiger charge is -2.10. The van der Waals surface area contributed by atoms with Gasteiger partial charge in [0.25, 0.3) is 0 Å². The van der Waals surface area contributed by atoms with Gasteiger partial charge in [-0.05, 0) is 20.5 Å². The first-order valence-electron chi connectivity index (χ1n) is 5.99. The molecule has 1 N–H and O–H groups in total. The van der Waals surface area contributed by atoms with Crippen LogP contribution in [0.5, 0.6) is 0 Å². The summed E-state index contributed by atoms with van der Waals surface area (Å²) in [5, 5.41) is 4.15. The number of hydrogen-bond acceptors (Lipinski definition) is 5. The van der Waals surface area contributed by atoms with Crippen molar-refractivity contribution in [1.29, 1.82) is 0 Å². The van der Waals surface area contributed by atoms with Crippen LogP contribution in [0.15, 0.2) is 11.1 Å². The zero-order valence-corrected chi connectivity index (χ0v) is 12.0. The molecule has 0 aliphatic heterocycles. The first-order chi connectivity index (χ1) is 8.15. The van der Waals surface area contributed by atoms with Crippen molar-refractivity contribution in [3.63, 3.8) is 0 Å². The predicted octanol–water partition coefficient (Wildman–Crippen LogP) is 2.12. The molecular weight excluding hydrogens is 232 g/mol. The lowest BCUT2D eigenvalue weighted by molar-refractivity contribution is 0.437. The Morgan fingerprint density at radius 2 is 2.12 bits per heavy atom. The molecule has 96 valence electrons. The van der Waals surface area contributed by atoms with Crippen molar-refractivity contribution in [2.24, 2.45) is 0 Å². The molecule has 1 heterocycles. The van der Waals surface area contributed by atoms with Gasteiger partial charge in [0.15, 0.2) is 0 Å². The third-order valence-electron chi connectivity index (χ3n) is 2.27. The van der Waals surface area contributed by atoms with Crippen molar-refractivity contribution in [2.45, 2.75) is 24.8 Å². The molecule has 0 spiro atoms. The molecule has 0 aliphatic rings. The van der Waals surface area contributed by atoms with Gasteiger partial charge >= 0.3 is 0 Å². The van der Waals surface area contributed by atoms with E-state index >= 15 is 0 Å². The van der Waals surface area contributed by atoms with E-state index in [0.29, 0.717) is 0 Å². The van der Waals surface area contributed by atoms with Crippen LogP contribution in [0.4, 0.5) is 5.82 Å². The van der Waals surface area contributed by atoms with Gasteiger partial charge in [-0.25, -0.2) is 9.97 Å². The standard InChI is InChI=1S/C12H22N4S/c1-5-6-10-14-11(13-2)9-12(15-10)17-8-7-16(3)4/h9H,5-8H2,1-4H3,(H,13,14,15). The van der Waals surface area contributed by atoms with Gasteiger partial charge in [-0.15, -0.1) is 11.8 Å². The molecule has 0 aliphatic carbocycles. The maximum atomic E-state index is 4.56. The minimum atomic E-state index is 0.913. The Morgan fingerprint density at radius 3 is 2.71 bits per heavy atom. The maximum Gasteiger partial charge on any atom is 0.132 e. The first kappa shape index (κ1) is 14.3. The summed E-state index contributed by atoms with van der Waals surface area (Å²) in [5.74, 6) is 2.90. The lowest BCUT2D eigenvalue weighted by atomic mass is 10.3. The molecule has 1 aromatic heterocycles. The molecule has 0 amide bonds. The third-order valence-corrected chi connectivity index (χ3v) is 3.16. The number of rotatable bonds is 7. The van der Waals surface area contributed by atoms with Crippen LogP contribution in [0.1, 0.15) is 19.2 Å². The van der Waals surface area contributed by atoms with Gasteiger partial charge in [-0.3, -0.25) is 0 Å². The molecule has 1 rings (SSSR count). The second kappa shape index (κ2) is 7.50. The minimum Gasteiger partial charge on any atom is -0.373 e. The molecule has 0 unspecified atom stereocenters. The highest BCUT2D eigenvalue weighted by Gasteiger charge is 2.04. The largest absolute Gasteiger partial charge is 0.373 e. The Labute approximate surface area is 108 Å². The van der Waals surface area contributed by atoms with E-state index in [0.717, 1.165) is 41.8 Å². The van der Waals surface area contributed by atoms with Crippen molar-refractivity contribution in [1.82, 2.24) is 14.9 Å². The summed E-state index contributed by atoms with van der Waals surface area (Å²) in [6.07, 6.45) is 2.02. The van der Waals surface area contributed by atoms with Crippen LogP contribution in [0.3, 0.4) is 0 Å². The molecule has 1 aromatic rings. The highest BCUT2D eigenvalue weighted by Crippen LogP contribution is 2.18. The summed E-state index contributed by atoms with van der Waals surface area (Å²) in [4.78, 5) is 11.2. The first-order valence-corrected chi connectivity index (χ1v) is 6.97. The number of aryl methyl sites for hydroxylation is 1. The normalized spacial score (nSPS) is 10.9. The molecule has 4 nitrogen and oxygen atoms in total. The predicted molar refractivity (Wildman–Crippen MR) is 74.9 cm³/mol. The van der Waals surface area contributed by atoms with E-state index in [-0.39, 0.29) is 0 Å². The molecule has 17 heavy (non-hydrogen) atoms. The molecule has 0 saturated heterocycles. The summed E-state index contributed by atoms with van der Waals surface area (Å²) < 4.78 is 0. The van der Waals surface area contributed by atoms with Gasteiger partial charge in [0.1, 0.15) is 16.7 Å². The summed E-state index contributed by atoms with van der Waals surface area (Å²) in [6.45, 7) is 3.21. The fourth-order valence-corrected chi connectivity index (χ4v) is 2.37. The van der Waals surface area contributed by atoms with Crippen LogP contribution in [0.25, 0.3) is 0 Å². The molecule has 0 aromatic carbocycles. The Bertz CT molecular complexity index is 341. The Balaban J connectivity index is 2.66. The van der Waals surface area contributed by atoms with Crippen molar-refractivity contribution < 1.29 is 0 Å². The smallest absolute Gasteiger partial charge is 0.132 e. The number of aromatic nitrogens is 2. The van der Waals surface area contributed by atoms with Crippen LogP contribution in [-0.2, 0) is 6.42 Å². The lowest BCUT2D eigenvalue weighted by Crippen LogP contribution is -2.14. The van der Waals surface area contributed by atoms with E-state index in [2.05, 4.69) is 41.2 Å². The van der Waals surface area contributed by atoms with E-state index in [4.69, 9.17) is 0 Å². The topological polar surface area (TPSA) is 41.1 Å². The Morgan fingerprint density at radius 1 is 1.35 bits per heavy atom. The van der Waals surface area contributed by atoms with E-state index in [9.17, 15) is 0 Å². The minimum absolute atomic E-state index is 0.913. The Hall–Kier alpha value is -0.810. The van der Waals surface area contributed by atoms with Gasteiger partial charge in [-0.1, -0.05) is 6.92 Å². The van der Waals surface area contributed by atoms with Crippen LogP contribution in [-0.4, -0.2) is 48.3 Å². The fourth-order valence-electron chi connectivity index (χ4n) is 1.34. The van der Waals surface area contributed by atoms with Crippen LogP contribution in [0.2, 0.25) is 0 Å². The second-order valence-corrected chi connectivity index (χ2v) is 5.27. The molecule has 0 radical (unpaired) electrons. The summed E-state index contributed by atoms with van der Waals surface area (Å²) in [7, 11) is 6.07. The molecule has 0 saturated carbocycles. The van der Waals surface area contributed by atoms with Crippen LogP contribution in [0, 0.1) is 0 Å². The van der Waals surface area contributed by atoms with E-state index in [1.54, 1.807) is 11.8 Å². The molecule has 5 heteroatoms. The number of hydrogen-bond donors (Lipinski definition) is 1. The zero-order valence-electron chi connectivity index (χ0n) is 11.2. The summed E-state index contributed by atoms with van der Waals surface area (Å²) >= 11 is 1.79. The van der Waals surface area contributed by atoms with E-state index in [1.165, 1.54) is 0 Å². The quantitative estimate of drug-likeness (QED) is 0.596. The monoisotopic (exact) mass is 254 g/mol. The number of thioether (sulfide) groups is 1. The summed E-state index contributed by atoms with van der Waals surface area (Å²) in [6, 6.07) is 2.01. The van der Waals surface area contributed by atoms with Crippen molar-refractivity contribution in [2.75, 3.05) is 38.8 Å². The fraction of sp³-hybridized carbons (Fsp3) is 0.667. The van der Waals surface area contributed by atoms with Crippen molar-refractivity contribution in [3.05, 3.63) is 11.9 Å². The zero-order chi connectivity index (χ0) is 12.7. The van der Waals surface area contributed by atoms with Gasteiger partial charge in [-0.2, -0.15) is 0 Å². The van der Waals surface area contributed by atoms with Crippen LogP contribution >= 0.6 is 11.8 Å². The SMILES string of the molecule is CCCc1nc(NC)cc(SCCN(C)C)n1. The van der Waals surface area contributed by atoms with Gasteiger partial charge < -0.3 is 10.2 Å². The number of anilines is 1. The third kappa shape index (κ3) is 5.37. The highest BCUT2D eigenvalue weighted by atomic mass is 32.2. The highest BCUT2D eigenvalue weighted by molar-refractivity contribution is 7.99. The number of nitrogens with one attached hydrogen (secondary N) is 1.